The third-order valence-corrected chi connectivity index (χ3v) is 2.28. The van der Waals surface area contributed by atoms with E-state index in [0.29, 0.717) is 12.2 Å². The van der Waals surface area contributed by atoms with Crippen LogP contribution in [-0.4, -0.2) is 26.6 Å². The van der Waals surface area contributed by atoms with E-state index in [1.807, 2.05) is 12.1 Å². The molecule has 0 spiro atoms. The molecule has 0 atom stereocenters. The number of hydrogen-bond acceptors (Lipinski definition) is 3. The van der Waals surface area contributed by atoms with Gasteiger partial charge in [0, 0.05) is 19.3 Å². The highest BCUT2D eigenvalue weighted by molar-refractivity contribution is 5.74. The molecule has 0 saturated carbocycles. The average Bonchev–Trinajstić information content (AvgIpc) is 2.34. The molecule has 0 amide bonds. The molecule has 0 aliphatic rings. The SMILES string of the molecule is COCCCCCOc1ccc(C=O)cc1. The predicted molar refractivity (Wildman–Crippen MR) is 63.1 cm³/mol. The van der Waals surface area contributed by atoms with Crippen LogP contribution in [0.4, 0.5) is 0 Å². The molecule has 88 valence electrons. The zero-order valence-electron chi connectivity index (χ0n) is 9.65. The Morgan fingerprint density at radius 3 is 2.38 bits per heavy atom. The molecule has 0 aliphatic heterocycles. The van der Waals surface area contributed by atoms with E-state index in [2.05, 4.69) is 0 Å². The Hall–Kier alpha value is -1.35. The Morgan fingerprint density at radius 2 is 1.75 bits per heavy atom. The number of ether oxygens (including phenoxy) is 2. The second-order valence-corrected chi connectivity index (χ2v) is 3.59. The summed E-state index contributed by atoms with van der Waals surface area (Å²) in [6, 6.07) is 7.15. The molecule has 3 heteroatoms. The van der Waals surface area contributed by atoms with Gasteiger partial charge in [0.15, 0.2) is 0 Å². The van der Waals surface area contributed by atoms with Crippen LogP contribution < -0.4 is 4.74 Å². The summed E-state index contributed by atoms with van der Waals surface area (Å²) in [5.41, 5.74) is 0.674. The van der Waals surface area contributed by atoms with Crippen LogP contribution in [0, 0.1) is 0 Å². The monoisotopic (exact) mass is 222 g/mol. The number of carbonyl (C=O) groups excluding carboxylic acids is 1. The van der Waals surface area contributed by atoms with Gasteiger partial charge in [0.1, 0.15) is 12.0 Å². The molecule has 0 saturated heterocycles. The molecule has 1 aromatic rings. The second-order valence-electron chi connectivity index (χ2n) is 3.59. The maximum Gasteiger partial charge on any atom is 0.150 e. The van der Waals surface area contributed by atoms with Gasteiger partial charge in [-0.1, -0.05) is 0 Å². The summed E-state index contributed by atoms with van der Waals surface area (Å²) in [6.07, 6.45) is 4.04. The Balaban J connectivity index is 2.14. The van der Waals surface area contributed by atoms with Crippen LogP contribution in [0.15, 0.2) is 24.3 Å². The van der Waals surface area contributed by atoms with E-state index in [9.17, 15) is 4.79 Å². The quantitative estimate of drug-likeness (QED) is 0.501. The van der Waals surface area contributed by atoms with Gasteiger partial charge in [0.2, 0.25) is 0 Å². The fourth-order valence-electron chi connectivity index (χ4n) is 1.36. The molecular formula is C13H18O3. The summed E-state index contributed by atoms with van der Waals surface area (Å²) in [5, 5.41) is 0. The molecule has 0 aliphatic carbocycles. The normalized spacial score (nSPS) is 10.1. The minimum atomic E-state index is 0.674. The van der Waals surface area contributed by atoms with Crippen LogP contribution in [0.2, 0.25) is 0 Å². The molecule has 1 aromatic carbocycles. The van der Waals surface area contributed by atoms with Gasteiger partial charge in [-0.2, -0.15) is 0 Å². The van der Waals surface area contributed by atoms with Crippen LogP contribution in [0.5, 0.6) is 5.75 Å². The number of rotatable bonds is 8. The lowest BCUT2D eigenvalue weighted by atomic mass is 10.2. The fourth-order valence-corrected chi connectivity index (χ4v) is 1.36. The average molecular weight is 222 g/mol. The van der Waals surface area contributed by atoms with Gasteiger partial charge in [-0.3, -0.25) is 4.79 Å². The first-order valence-electron chi connectivity index (χ1n) is 5.54. The molecule has 0 heterocycles. The number of methoxy groups -OCH3 is 1. The van der Waals surface area contributed by atoms with Gasteiger partial charge in [-0.05, 0) is 43.5 Å². The van der Waals surface area contributed by atoms with Crippen molar-refractivity contribution in [2.45, 2.75) is 19.3 Å². The highest BCUT2D eigenvalue weighted by Crippen LogP contribution is 2.11. The fraction of sp³-hybridized carbons (Fsp3) is 0.462. The largest absolute Gasteiger partial charge is 0.494 e. The number of aldehydes is 1. The lowest BCUT2D eigenvalue weighted by Crippen LogP contribution is -1.98. The molecule has 0 aromatic heterocycles. The molecule has 0 fully saturated rings. The Labute approximate surface area is 96.4 Å². The molecule has 0 N–H and O–H groups in total. The minimum absolute atomic E-state index is 0.674. The van der Waals surface area contributed by atoms with Gasteiger partial charge in [-0.25, -0.2) is 0 Å². The molecule has 0 bridgehead atoms. The zero-order chi connectivity index (χ0) is 11.6. The van der Waals surface area contributed by atoms with Crippen molar-refractivity contribution in [3.63, 3.8) is 0 Å². The van der Waals surface area contributed by atoms with E-state index < -0.39 is 0 Å². The number of hydrogen-bond donors (Lipinski definition) is 0. The predicted octanol–water partition coefficient (Wildman–Crippen LogP) is 2.69. The van der Waals surface area contributed by atoms with Crippen LogP contribution >= 0.6 is 0 Å². The van der Waals surface area contributed by atoms with Crippen molar-refractivity contribution in [2.75, 3.05) is 20.3 Å². The van der Waals surface area contributed by atoms with Crippen molar-refractivity contribution < 1.29 is 14.3 Å². The van der Waals surface area contributed by atoms with Gasteiger partial charge < -0.3 is 9.47 Å². The minimum Gasteiger partial charge on any atom is -0.494 e. The van der Waals surface area contributed by atoms with Gasteiger partial charge in [0.25, 0.3) is 0 Å². The molecule has 16 heavy (non-hydrogen) atoms. The Kier molecular flexibility index (Phi) is 6.26. The first-order valence-corrected chi connectivity index (χ1v) is 5.54. The standard InChI is InChI=1S/C13H18O3/c1-15-9-3-2-4-10-16-13-7-5-12(11-14)6-8-13/h5-8,11H,2-4,9-10H2,1H3. The van der Waals surface area contributed by atoms with E-state index in [4.69, 9.17) is 9.47 Å². The van der Waals surface area contributed by atoms with Gasteiger partial charge in [0.05, 0.1) is 6.61 Å². The smallest absolute Gasteiger partial charge is 0.150 e. The molecule has 0 unspecified atom stereocenters. The van der Waals surface area contributed by atoms with Crippen molar-refractivity contribution in [2.24, 2.45) is 0 Å². The van der Waals surface area contributed by atoms with E-state index in [0.717, 1.165) is 37.9 Å². The maximum absolute atomic E-state index is 10.4. The number of benzene rings is 1. The summed E-state index contributed by atoms with van der Waals surface area (Å²) in [7, 11) is 1.71. The van der Waals surface area contributed by atoms with Crippen LogP contribution in [0.1, 0.15) is 29.6 Å². The van der Waals surface area contributed by atoms with E-state index in [1.54, 1.807) is 19.2 Å². The Bertz CT molecular complexity index is 293. The Morgan fingerprint density at radius 1 is 1.06 bits per heavy atom. The first kappa shape index (κ1) is 12.7. The number of carbonyl (C=O) groups is 1. The van der Waals surface area contributed by atoms with Crippen molar-refractivity contribution in [3.05, 3.63) is 29.8 Å². The number of unbranched alkanes of at least 4 members (excludes halogenated alkanes) is 2. The summed E-state index contributed by atoms with van der Waals surface area (Å²) >= 11 is 0. The highest BCUT2D eigenvalue weighted by atomic mass is 16.5. The molecule has 3 nitrogen and oxygen atoms in total. The lowest BCUT2D eigenvalue weighted by molar-refractivity contribution is 0.112. The zero-order valence-corrected chi connectivity index (χ0v) is 9.65. The van der Waals surface area contributed by atoms with Crippen molar-refractivity contribution in [1.82, 2.24) is 0 Å². The second kappa shape index (κ2) is 7.88. The summed E-state index contributed by atoms with van der Waals surface area (Å²) in [5.74, 6) is 0.817. The van der Waals surface area contributed by atoms with Gasteiger partial charge >= 0.3 is 0 Å². The van der Waals surface area contributed by atoms with E-state index in [1.165, 1.54) is 0 Å². The van der Waals surface area contributed by atoms with E-state index >= 15 is 0 Å². The maximum atomic E-state index is 10.4. The van der Waals surface area contributed by atoms with E-state index in [-0.39, 0.29) is 0 Å². The van der Waals surface area contributed by atoms with Crippen LogP contribution in [-0.2, 0) is 4.74 Å². The molecular weight excluding hydrogens is 204 g/mol. The summed E-state index contributed by atoms with van der Waals surface area (Å²) in [6.45, 7) is 1.53. The molecule has 0 radical (unpaired) electrons. The highest BCUT2D eigenvalue weighted by Gasteiger charge is 1.94. The van der Waals surface area contributed by atoms with Crippen molar-refractivity contribution in [1.29, 1.82) is 0 Å². The summed E-state index contributed by atoms with van der Waals surface area (Å²) in [4.78, 5) is 10.4. The van der Waals surface area contributed by atoms with Crippen molar-refractivity contribution >= 4 is 6.29 Å². The third kappa shape index (κ3) is 4.94. The lowest BCUT2D eigenvalue weighted by Gasteiger charge is -2.05. The van der Waals surface area contributed by atoms with Gasteiger partial charge in [-0.15, -0.1) is 0 Å². The third-order valence-electron chi connectivity index (χ3n) is 2.28. The summed E-state index contributed by atoms with van der Waals surface area (Å²) < 4.78 is 10.5. The molecule has 1 rings (SSSR count). The van der Waals surface area contributed by atoms with Crippen molar-refractivity contribution in [3.8, 4) is 5.75 Å². The van der Waals surface area contributed by atoms with Crippen LogP contribution in [0.25, 0.3) is 0 Å². The van der Waals surface area contributed by atoms with Crippen LogP contribution in [0.3, 0.4) is 0 Å². The first-order chi connectivity index (χ1) is 7.86. The topological polar surface area (TPSA) is 35.5 Å².